The average molecular weight is 255 g/mol. The Morgan fingerprint density at radius 1 is 1.50 bits per heavy atom. The Morgan fingerprint density at radius 3 is 2.78 bits per heavy atom. The van der Waals surface area contributed by atoms with E-state index in [1.165, 1.54) is 0 Å². The van der Waals surface area contributed by atoms with Crippen LogP contribution in [0, 0.1) is 11.3 Å². The lowest BCUT2D eigenvalue weighted by Crippen LogP contribution is -2.51. The fourth-order valence-corrected chi connectivity index (χ4v) is 3.04. The Kier molecular flexibility index (Phi) is 4.09. The molecule has 0 radical (unpaired) electrons. The fraction of sp³-hybridized carbons (Fsp3) is 0.929. The van der Waals surface area contributed by atoms with Crippen molar-refractivity contribution in [2.45, 2.75) is 45.8 Å². The number of carbonyl (C=O) groups excluding carboxylic acids is 1. The van der Waals surface area contributed by atoms with Crippen molar-refractivity contribution in [3.8, 4) is 0 Å². The number of morpholine rings is 1. The molecule has 1 saturated heterocycles. The van der Waals surface area contributed by atoms with Gasteiger partial charge in [0.15, 0.2) is 0 Å². The third-order valence-corrected chi connectivity index (χ3v) is 4.45. The number of Topliss-reactive ketones (excluding diaryl/α,β-unsaturated/α-hetero) is 1. The van der Waals surface area contributed by atoms with Gasteiger partial charge in [0.05, 0.1) is 19.3 Å². The molecule has 1 aliphatic heterocycles. The predicted molar refractivity (Wildman–Crippen MR) is 69.4 cm³/mol. The number of aliphatic hydroxyl groups excluding tert-OH is 1. The lowest BCUT2D eigenvalue weighted by molar-refractivity contribution is -0.129. The van der Waals surface area contributed by atoms with E-state index in [0.29, 0.717) is 18.4 Å². The zero-order chi connectivity index (χ0) is 13.3. The minimum absolute atomic E-state index is 0.0628. The van der Waals surface area contributed by atoms with Crippen molar-refractivity contribution in [2.24, 2.45) is 11.3 Å². The molecule has 2 fully saturated rings. The summed E-state index contributed by atoms with van der Waals surface area (Å²) < 4.78 is 5.53. The van der Waals surface area contributed by atoms with Crippen LogP contribution in [0.15, 0.2) is 0 Å². The molecule has 0 spiro atoms. The largest absolute Gasteiger partial charge is 0.394 e. The van der Waals surface area contributed by atoms with E-state index < -0.39 is 0 Å². The number of hydrogen-bond acceptors (Lipinski definition) is 4. The van der Waals surface area contributed by atoms with Crippen LogP contribution >= 0.6 is 0 Å². The third-order valence-electron chi connectivity index (χ3n) is 4.45. The topological polar surface area (TPSA) is 49.8 Å². The molecule has 1 saturated carbocycles. The maximum Gasteiger partial charge on any atom is 0.142 e. The summed E-state index contributed by atoms with van der Waals surface area (Å²) in [6.45, 7) is 8.50. The van der Waals surface area contributed by atoms with Gasteiger partial charge in [-0.1, -0.05) is 13.8 Å². The number of carbonyl (C=O) groups is 1. The highest BCUT2D eigenvalue weighted by molar-refractivity contribution is 5.88. The Bertz CT molecular complexity index is 316. The van der Waals surface area contributed by atoms with E-state index in [4.69, 9.17) is 4.74 Å². The zero-order valence-corrected chi connectivity index (χ0v) is 11.7. The van der Waals surface area contributed by atoms with Crippen molar-refractivity contribution in [2.75, 3.05) is 26.3 Å². The van der Waals surface area contributed by atoms with Gasteiger partial charge >= 0.3 is 0 Å². The summed E-state index contributed by atoms with van der Waals surface area (Å²) in [6.07, 6.45) is 1.91. The molecule has 0 aromatic carbocycles. The van der Waals surface area contributed by atoms with Crippen molar-refractivity contribution in [3.05, 3.63) is 0 Å². The molecule has 1 aliphatic carbocycles. The number of rotatable bonds is 3. The molecule has 4 nitrogen and oxygen atoms in total. The molecular formula is C14H25NO3. The highest BCUT2D eigenvalue weighted by Gasteiger charge is 2.41. The molecule has 3 atom stereocenters. The van der Waals surface area contributed by atoms with Crippen molar-refractivity contribution in [1.82, 2.24) is 4.90 Å². The van der Waals surface area contributed by atoms with Crippen LogP contribution in [-0.4, -0.2) is 54.2 Å². The SMILES string of the molecule is CC1COC(CO)CN1CC1CCC(C)(C)C1=O. The van der Waals surface area contributed by atoms with Crippen LogP contribution in [0.4, 0.5) is 0 Å². The van der Waals surface area contributed by atoms with Crippen LogP contribution in [0.25, 0.3) is 0 Å². The van der Waals surface area contributed by atoms with Crippen LogP contribution < -0.4 is 0 Å². The second-order valence-electron chi connectivity index (χ2n) is 6.42. The van der Waals surface area contributed by atoms with Crippen LogP contribution in [0.2, 0.25) is 0 Å². The quantitative estimate of drug-likeness (QED) is 0.819. The molecule has 2 rings (SSSR count). The number of nitrogens with zero attached hydrogens (tertiary/aromatic N) is 1. The Morgan fingerprint density at radius 2 is 2.22 bits per heavy atom. The molecule has 0 aromatic heterocycles. The standard InChI is InChI=1S/C14H25NO3/c1-10-9-18-12(8-16)7-15(10)6-11-4-5-14(2,3)13(11)17/h10-12,16H,4-9H2,1-3H3. The van der Waals surface area contributed by atoms with E-state index in [1.807, 2.05) is 0 Å². The number of hydrogen-bond donors (Lipinski definition) is 1. The lowest BCUT2D eigenvalue weighted by Gasteiger charge is -2.38. The smallest absolute Gasteiger partial charge is 0.142 e. The van der Waals surface area contributed by atoms with E-state index in [1.54, 1.807) is 0 Å². The zero-order valence-electron chi connectivity index (χ0n) is 11.7. The minimum Gasteiger partial charge on any atom is -0.394 e. The van der Waals surface area contributed by atoms with E-state index in [2.05, 4.69) is 25.7 Å². The normalized spacial score (nSPS) is 37.1. The van der Waals surface area contributed by atoms with E-state index >= 15 is 0 Å². The van der Waals surface area contributed by atoms with E-state index in [0.717, 1.165) is 25.9 Å². The first-order chi connectivity index (χ1) is 8.44. The number of ether oxygens (including phenoxy) is 1. The monoisotopic (exact) mass is 255 g/mol. The molecular weight excluding hydrogens is 230 g/mol. The average Bonchev–Trinajstić information content (AvgIpc) is 2.59. The van der Waals surface area contributed by atoms with Gasteiger partial charge in [0.2, 0.25) is 0 Å². The van der Waals surface area contributed by atoms with Crippen molar-refractivity contribution >= 4 is 5.78 Å². The molecule has 1 N–H and O–H groups in total. The summed E-state index contributed by atoms with van der Waals surface area (Å²) >= 11 is 0. The van der Waals surface area contributed by atoms with Gasteiger partial charge in [-0.05, 0) is 19.8 Å². The van der Waals surface area contributed by atoms with Gasteiger partial charge in [-0.15, -0.1) is 0 Å². The highest BCUT2D eigenvalue weighted by atomic mass is 16.5. The van der Waals surface area contributed by atoms with Gasteiger partial charge in [-0.2, -0.15) is 0 Å². The predicted octanol–water partition coefficient (Wildman–Crippen LogP) is 1.07. The van der Waals surface area contributed by atoms with Crippen LogP contribution in [0.1, 0.15) is 33.6 Å². The molecule has 104 valence electrons. The van der Waals surface area contributed by atoms with Crippen molar-refractivity contribution < 1.29 is 14.6 Å². The first kappa shape index (κ1) is 14.0. The first-order valence-electron chi connectivity index (χ1n) is 6.95. The highest BCUT2D eigenvalue weighted by Crippen LogP contribution is 2.38. The molecule has 18 heavy (non-hydrogen) atoms. The van der Waals surface area contributed by atoms with Crippen LogP contribution in [-0.2, 0) is 9.53 Å². The molecule has 1 heterocycles. The molecule has 4 heteroatoms. The minimum atomic E-state index is -0.142. The van der Waals surface area contributed by atoms with Crippen LogP contribution in [0.3, 0.4) is 0 Å². The number of aliphatic hydroxyl groups is 1. The summed E-state index contributed by atoms with van der Waals surface area (Å²) in [7, 11) is 0. The van der Waals surface area contributed by atoms with Crippen molar-refractivity contribution in [3.63, 3.8) is 0 Å². The summed E-state index contributed by atoms with van der Waals surface area (Å²) in [5, 5.41) is 9.17. The first-order valence-corrected chi connectivity index (χ1v) is 6.95. The summed E-state index contributed by atoms with van der Waals surface area (Å²) in [5.74, 6) is 0.571. The van der Waals surface area contributed by atoms with Gasteiger partial charge in [0.25, 0.3) is 0 Å². The third kappa shape index (κ3) is 2.76. The molecule has 0 aromatic rings. The van der Waals surface area contributed by atoms with Gasteiger partial charge in [-0.25, -0.2) is 0 Å². The maximum absolute atomic E-state index is 12.3. The van der Waals surface area contributed by atoms with E-state index in [9.17, 15) is 9.90 Å². The molecule has 0 amide bonds. The van der Waals surface area contributed by atoms with Gasteiger partial charge in [0.1, 0.15) is 5.78 Å². The van der Waals surface area contributed by atoms with Crippen molar-refractivity contribution in [1.29, 1.82) is 0 Å². The Hall–Kier alpha value is -0.450. The summed E-state index contributed by atoms with van der Waals surface area (Å²) in [6, 6.07) is 0.337. The maximum atomic E-state index is 12.3. The second-order valence-corrected chi connectivity index (χ2v) is 6.42. The second kappa shape index (κ2) is 5.27. The fourth-order valence-electron chi connectivity index (χ4n) is 3.04. The van der Waals surface area contributed by atoms with Gasteiger partial charge < -0.3 is 9.84 Å². The van der Waals surface area contributed by atoms with Gasteiger partial charge in [-0.3, -0.25) is 9.69 Å². The Balaban J connectivity index is 1.94. The molecule has 0 bridgehead atoms. The molecule has 2 aliphatic rings. The number of ketones is 1. The summed E-state index contributed by atoms with van der Waals surface area (Å²) in [4.78, 5) is 14.6. The van der Waals surface area contributed by atoms with Gasteiger partial charge in [0, 0.05) is 30.5 Å². The summed E-state index contributed by atoms with van der Waals surface area (Å²) in [5.41, 5.74) is -0.142. The van der Waals surface area contributed by atoms with Crippen LogP contribution in [0.5, 0.6) is 0 Å². The molecule has 3 unspecified atom stereocenters. The Labute approximate surface area is 109 Å². The lowest BCUT2D eigenvalue weighted by atomic mass is 9.89. The van der Waals surface area contributed by atoms with E-state index in [-0.39, 0.29) is 24.0 Å².